The minimum Gasteiger partial charge on any atom is -0.367 e. The molecule has 1 aromatic rings. The summed E-state index contributed by atoms with van der Waals surface area (Å²) in [7, 11) is -3.13. The molecule has 3 unspecified atom stereocenters. The van der Waals surface area contributed by atoms with Gasteiger partial charge in [0.05, 0.1) is 0 Å². The summed E-state index contributed by atoms with van der Waals surface area (Å²) in [5.74, 6) is 0. The summed E-state index contributed by atoms with van der Waals surface area (Å²) in [6.07, 6.45) is 2.52. The van der Waals surface area contributed by atoms with Gasteiger partial charge in [-0.2, -0.15) is 0 Å². The predicted octanol–water partition coefficient (Wildman–Crippen LogP) is 4.84. The number of hydrogen-bond acceptors (Lipinski definition) is 3. The second-order valence-corrected chi connectivity index (χ2v) is 9.32. The first-order valence-electron chi connectivity index (χ1n) is 8.58. The SMILES string of the molecule is CCC(C)O[Si](OC(C)CC)(OC(C)(Cl)CC)c1ccccc1. The van der Waals surface area contributed by atoms with Crippen LogP contribution in [0.1, 0.15) is 60.8 Å². The number of alkyl halides is 1. The highest BCUT2D eigenvalue weighted by atomic mass is 35.5. The fourth-order valence-electron chi connectivity index (χ4n) is 1.96. The van der Waals surface area contributed by atoms with Crippen molar-refractivity contribution in [3.05, 3.63) is 30.3 Å². The van der Waals surface area contributed by atoms with Crippen molar-refractivity contribution in [2.24, 2.45) is 0 Å². The van der Waals surface area contributed by atoms with Gasteiger partial charge in [0.25, 0.3) is 0 Å². The van der Waals surface area contributed by atoms with Gasteiger partial charge in [-0.25, -0.2) is 0 Å². The summed E-state index contributed by atoms with van der Waals surface area (Å²) < 4.78 is 19.2. The molecule has 0 aliphatic rings. The van der Waals surface area contributed by atoms with Crippen LogP contribution < -0.4 is 5.19 Å². The molecule has 132 valence electrons. The van der Waals surface area contributed by atoms with Crippen molar-refractivity contribution in [2.45, 2.75) is 78.1 Å². The van der Waals surface area contributed by atoms with E-state index in [1.165, 1.54) is 0 Å². The summed E-state index contributed by atoms with van der Waals surface area (Å²) in [4.78, 5) is 0. The fourth-order valence-corrected chi connectivity index (χ4v) is 5.51. The van der Waals surface area contributed by atoms with Gasteiger partial charge in [0.15, 0.2) is 0 Å². The Bertz CT molecular complexity index is 441. The molecule has 1 rings (SSSR count). The van der Waals surface area contributed by atoms with Crippen LogP contribution in [0.4, 0.5) is 0 Å². The predicted molar refractivity (Wildman–Crippen MR) is 99.1 cm³/mol. The molecule has 0 amide bonds. The molecule has 0 aliphatic heterocycles. The Hall–Kier alpha value is -0.393. The molecule has 0 spiro atoms. The van der Waals surface area contributed by atoms with Gasteiger partial charge < -0.3 is 13.3 Å². The van der Waals surface area contributed by atoms with Crippen LogP contribution in [0.5, 0.6) is 0 Å². The van der Waals surface area contributed by atoms with Crippen molar-refractivity contribution in [1.29, 1.82) is 0 Å². The van der Waals surface area contributed by atoms with E-state index in [2.05, 4.69) is 13.8 Å². The minimum absolute atomic E-state index is 0.0373. The zero-order valence-electron chi connectivity index (χ0n) is 15.3. The summed E-state index contributed by atoms with van der Waals surface area (Å²) in [5, 5.41) is 0.143. The average molecular weight is 359 g/mol. The van der Waals surface area contributed by atoms with Crippen LogP contribution in [-0.4, -0.2) is 26.1 Å². The summed E-state index contributed by atoms with van der Waals surface area (Å²) >= 11 is 6.56. The number of halogens is 1. The van der Waals surface area contributed by atoms with E-state index in [0.717, 1.165) is 18.0 Å². The normalized spacial score (nSPS) is 19.6. The maximum atomic E-state index is 6.56. The zero-order chi connectivity index (χ0) is 17.5. The van der Waals surface area contributed by atoms with Gasteiger partial charge in [0.2, 0.25) is 0 Å². The zero-order valence-corrected chi connectivity index (χ0v) is 17.0. The molecule has 1 aromatic carbocycles. The van der Waals surface area contributed by atoms with Crippen molar-refractivity contribution < 1.29 is 13.3 Å². The molecule has 0 radical (unpaired) electrons. The smallest absolute Gasteiger partial charge is 0.367 e. The van der Waals surface area contributed by atoms with Crippen molar-refractivity contribution in [3.63, 3.8) is 0 Å². The average Bonchev–Trinajstić information content (AvgIpc) is 2.54. The Balaban J connectivity index is 3.31. The standard InChI is InChI=1S/C18H31ClO3Si/c1-7-15(4)20-23(21-16(5)8-2,22-18(6,19)9-3)17-13-11-10-12-14-17/h10-16H,7-9H2,1-6H3. The van der Waals surface area contributed by atoms with E-state index in [-0.39, 0.29) is 12.2 Å². The van der Waals surface area contributed by atoms with Crippen LogP contribution in [0, 0.1) is 0 Å². The highest BCUT2D eigenvalue weighted by Gasteiger charge is 2.50. The van der Waals surface area contributed by atoms with Crippen molar-refractivity contribution in [1.82, 2.24) is 0 Å². The monoisotopic (exact) mass is 358 g/mol. The Morgan fingerprint density at radius 3 is 1.87 bits per heavy atom. The van der Waals surface area contributed by atoms with E-state index in [0.29, 0.717) is 6.42 Å². The highest BCUT2D eigenvalue weighted by Crippen LogP contribution is 2.29. The van der Waals surface area contributed by atoms with E-state index in [9.17, 15) is 0 Å². The van der Waals surface area contributed by atoms with Crippen LogP contribution in [0.2, 0.25) is 0 Å². The third-order valence-corrected chi connectivity index (χ3v) is 7.63. The first-order chi connectivity index (χ1) is 10.8. The number of hydrogen-bond donors (Lipinski definition) is 0. The first-order valence-corrected chi connectivity index (χ1v) is 10.7. The van der Waals surface area contributed by atoms with Crippen molar-refractivity contribution in [3.8, 4) is 0 Å². The number of benzene rings is 1. The molecule has 0 fully saturated rings. The van der Waals surface area contributed by atoms with Crippen LogP contribution in [0.25, 0.3) is 0 Å². The molecule has 23 heavy (non-hydrogen) atoms. The molecule has 0 saturated heterocycles. The van der Waals surface area contributed by atoms with Gasteiger partial charge in [0.1, 0.15) is 5.06 Å². The second-order valence-electron chi connectivity index (χ2n) is 6.15. The Morgan fingerprint density at radius 1 is 1.00 bits per heavy atom. The highest BCUT2D eigenvalue weighted by molar-refractivity contribution is 6.75. The Kier molecular flexibility index (Phi) is 8.25. The van der Waals surface area contributed by atoms with Crippen LogP contribution >= 0.6 is 11.6 Å². The van der Waals surface area contributed by atoms with Gasteiger partial charge >= 0.3 is 8.80 Å². The summed E-state index contributed by atoms with van der Waals surface area (Å²) in [5.41, 5.74) is 0. The molecule has 0 heterocycles. The maximum absolute atomic E-state index is 6.56. The van der Waals surface area contributed by atoms with Gasteiger partial charge in [-0.05, 0) is 40.0 Å². The first kappa shape index (κ1) is 20.7. The van der Waals surface area contributed by atoms with Crippen LogP contribution in [0.3, 0.4) is 0 Å². The molecule has 0 aliphatic carbocycles. The Labute approximate surface area is 147 Å². The van der Waals surface area contributed by atoms with Gasteiger partial charge in [-0.1, -0.05) is 62.7 Å². The molecule has 3 atom stereocenters. The molecule has 0 N–H and O–H groups in total. The summed E-state index contributed by atoms with van der Waals surface area (Å²) in [6.45, 7) is 12.2. The lowest BCUT2D eigenvalue weighted by molar-refractivity contribution is -0.0117. The van der Waals surface area contributed by atoms with Crippen molar-refractivity contribution >= 4 is 25.6 Å². The van der Waals surface area contributed by atoms with E-state index in [1.54, 1.807) is 0 Å². The largest absolute Gasteiger partial charge is 0.539 e. The van der Waals surface area contributed by atoms with Crippen LogP contribution in [-0.2, 0) is 13.3 Å². The van der Waals surface area contributed by atoms with E-state index in [1.807, 2.05) is 58.0 Å². The molecule has 0 saturated carbocycles. The minimum atomic E-state index is -3.13. The molecular formula is C18H31ClO3Si. The topological polar surface area (TPSA) is 27.7 Å². The molecule has 0 aromatic heterocycles. The van der Waals surface area contributed by atoms with E-state index >= 15 is 0 Å². The van der Waals surface area contributed by atoms with Crippen molar-refractivity contribution in [2.75, 3.05) is 0 Å². The quantitative estimate of drug-likeness (QED) is 0.442. The second kappa shape index (κ2) is 9.18. The fraction of sp³-hybridized carbons (Fsp3) is 0.667. The molecule has 0 bridgehead atoms. The lowest BCUT2D eigenvalue weighted by atomic mass is 10.3. The van der Waals surface area contributed by atoms with Gasteiger partial charge in [0, 0.05) is 17.4 Å². The van der Waals surface area contributed by atoms with Crippen LogP contribution in [0.15, 0.2) is 30.3 Å². The molecule has 3 nitrogen and oxygen atoms in total. The maximum Gasteiger partial charge on any atom is 0.539 e. The third-order valence-electron chi connectivity index (χ3n) is 3.97. The molecule has 5 heteroatoms. The third kappa shape index (κ3) is 6.20. The lowest BCUT2D eigenvalue weighted by Gasteiger charge is -2.38. The van der Waals surface area contributed by atoms with E-state index < -0.39 is 13.9 Å². The van der Waals surface area contributed by atoms with Gasteiger partial charge in [-0.15, -0.1) is 0 Å². The molecular weight excluding hydrogens is 328 g/mol. The van der Waals surface area contributed by atoms with E-state index in [4.69, 9.17) is 24.9 Å². The Morgan fingerprint density at radius 2 is 1.48 bits per heavy atom. The summed E-state index contributed by atoms with van der Waals surface area (Å²) in [6, 6.07) is 9.98. The lowest BCUT2D eigenvalue weighted by Crippen LogP contribution is -2.62. The number of rotatable bonds is 10. The van der Waals surface area contributed by atoms with Gasteiger partial charge in [-0.3, -0.25) is 0 Å².